The van der Waals surface area contributed by atoms with Crippen LogP contribution < -0.4 is 4.74 Å². The molecule has 4 nitrogen and oxygen atoms in total. The van der Waals surface area contributed by atoms with Gasteiger partial charge in [-0.05, 0) is 37.3 Å². The minimum atomic E-state index is -1.01. The van der Waals surface area contributed by atoms with Gasteiger partial charge in [-0.1, -0.05) is 22.0 Å². The molecule has 5 heteroatoms. The molecule has 0 aliphatic heterocycles. The molecule has 0 heterocycles. The summed E-state index contributed by atoms with van der Waals surface area (Å²) < 4.78 is 6.45. The van der Waals surface area contributed by atoms with Gasteiger partial charge in [-0.2, -0.15) is 5.26 Å². The quantitative estimate of drug-likeness (QED) is 0.918. The highest BCUT2D eigenvalue weighted by atomic mass is 79.9. The second kappa shape index (κ2) is 5.76. The van der Waals surface area contributed by atoms with Crippen molar-refractivity contribution in [1.82, 2.24) is 0 Å². The Morgan fingerprint density at radius 1 is 1.30 bits per heavy atom. The molecule has 2 aromatic rings. The van der Waals surface area contributed by atoms with Gasteiger partial charge in [-0.15, -0.1) is 0 Å². The summed E-state index contributed by atoms with van der Waals surface area (Å²) in [6.45, 7) is 1.67. The number of nitriles is 1. The van der Waals surface area contributed by atoms with Crippen LogP contribution in [0.4, 0.5) is 0 Å². The molecule has 0 unspecified atom stereocenters. The van der Waals surface area contributed by atoms with E-state index in [1.807, 2.05) is 6.07 Å². The van der Waals surface area contributed by atoms with Crippen LogP contribution in [0.2, 0.25) is 0 Å². The van der Waals surface area contributed by atoms with Crippen LogP contribution in [0.25, 0.3) is 0 Å². The summed E-state index contributed by atoms with van der Waals surface area (Å²) in [7, 11) is 0. The maximum absolute atomic E-state index is 11.1. The lowest BCUT2D eigenvalue weighted by molar-refractivity contribution is 0.0695. The van der Waals surface area contributed by atoms with Gasteiger partial charge in [0.2, 0.25) is 0 Å². The fourth-order valence-electron chi connectivity index (χ4n) is 1.75. The van der Waals surface area contributed by atoms with E-state index in [0.717, 1.165) is 4.47 Å². The van der Waals surface area contributed by atoms with Crippen LogP contribution in [-0.2, 0) is 0 Å². The number of carboxylic acid groups (broad SMARTS) is 1. The van der Waals surface area contributed by atoms with Crippen LogP contribution in [0, 0.1) is 18.3 Å². The number of ether oxygens (including phenoxy) is 1. The summed E-state index contributed by atoms with van der Waals surface area (Å²) in [6.07, 6.45) is 0. The van der Waals surface area contributed by atoms with E-state index >= 15 is 0 Å². The van der Waals surface area contributed by atoms with Crippen LogP contribution >= 0.6 is 15.9 Å². The van der Waals surface area contributed by atoms with Crippen LogP contribution in [0.15, 0.2) is 40.9 Å². The molecule has 0 aliphatic carbocycles. The SMILES string of the molecule is Cc1c(Oc2ccc(Br)cc2C#N)cccc1C(=O)O. The predicted octanol–water partition coefficient (Wildman–Crippen LogP) is 4.12. The number of hydrogen-bond donors (Lipinski definition) is 1. The van der Waals surface area contributed by atoms with Gasteiger partial charge in [0, 0.05) is 10.0 Å². The minimum Gasteiger partial charge on any atom is -0.478 e. The van der Waals surface area contributed by atoms with Crippen molar-refractivity contribution in [3.63, 3.8) is 0 Å². The third kappa shape index (κ3) is 2.81. The summed E-state index contributed by atoms with van der Waals surface area (Å²) in [5.41, 5.74) is 1.07. The number of aromatic carboxylic acids is 1. The highest BCUT2D eigenvalue weighted by molar-refractivity contribution is 9.10. The Balaban J connectivity index is 2.44. The van der Waals surface area contributed by atoms with Crippen LogP contribution in [0.1, 0.15) is 21.5 Å². The first kappa shape index (κ1) is 14.1. The van der Waals surface area contributed by atoms with Gasteiger partial charge in [0.05, 0.1) is 11.1 Å². The molecular formula is C15H10BrNO3. The zero-order valence-corrected chi connectivity index (χ0v) is 12.1. The van der Waals surface area contributed by atoms with Crippen molar-refractivity contribution < 1.29 is 14.6 Å². The average molecular weight is 332 g/mol. The van der Waals surface area contributed by atoms with Crippen LogP contribution in [0.3, 0.4) is 0 Å². The minimum absolute atomic E-state index is 0.179. The number of nitrogens with zero attached hydrogens (tertiary/aromatic N) is 1. The summed E-state index contributed by atoms with van der Waals surface area (Å²) >= 11 is 3.28. The standard InChI is InChI=1S/C15H10BrNO3/c1-9-12(15(18)19)3-2-4-13(9)20-14-6-5-11(16)7-10(14)8-17/h2-7H,1H3,(H,18,19). The van der Waals surface area contributed by atoms with E-state index in [1.165, 1.54) is 6.07 Å². The maximum Gasteiger partial charge on any atom is 0.336 e. The van der Waals surface area contributed by atoms with Crippen molar-refractivity contribution in [2.75, 3.05) is 0 Å². The van der Waals surface area contributed by atoms with Crippen molar-refractivity contribution in [2.24, 2.45) is 0 Å². The third-order valence-corrected chi connectivity index (χ3v) is 3.29. The third-order valence-electron chi connectivity index (χ3n) is 2.80. The average Bonchev–Trinajstić information content (AvgIpc) is 2.42. The zero-order valence-electron chi connectivity index (χ0n) is 10.6. The lowest BCUT2D eigenvalue weighted by Crippen LogP contribution is -2.01. The van der Waals surface area contributed by atoms with Crippen molar-refractivity contribution in [2.45, 2.75) is 6.92 Å². The summed E-state index contributed by atoms with van der Waals surface area (Å²) in [5, 5.41) is 18.2. The molecule has 0 bridgehead atoms. The molecule has 0 saturated heterocycles. The molecule has 0 spiro atoms. The normalized spacial score (nSPS) is 9.85. The lowest BCUT2D eigenvalue weighted by Gasteiger charge is -2.11. The molecule has 2 aromatic carbocycles. The van der Waals surface area contributed by atoms with E-state index in [2.05, 4.69) is 15.9 Å². The van der Waals surface area contributed by atoms with E-state index in [0.29, 0.717) is 22.6 Å². The monoisotopic (exact) mass is 331 g/mol. The first-order valence-corrected chi connectivity index (χ1v) is 6.52. The van der Waals surface area contributed by atoms with E-state index in [-0.39, 0.29) is 5.56 Å². The van der Waals surface area contributed by atoms with Crippen molar-refractivity contribution in [1.29, 1.82) is 5.26 Å². The number of benzene rings is 2. The van der Waals surface area contributed by atoms with Gasteiger partial charge in [0.25, 0.3) is 0 Å². The Labute approximate surface area is 124 Å². The highest BCUT2D eigenvalue weighted by Crippen LogP contribution is 2.30. The summed E-state index contributed by atoms with van der Waals surface area (Å²) in [4.78, 5) is 11.1. The molecule has 20 heavy (non-hydrogen) atoms. The number of rotatable bonds is 3. The topological polar surface area (TPSA) is 70.3 Å². The maximum atomic E-state index is 11.1. The van der Waals surface area contributed by atoms with E-state index in [9.17, 15) is 4.79 Å². The molecule has 0 aliphatic rings. The highest BCUT2D eigenvalue weighted by Gasteiger charge is 2.13. The fourth-order valence-corrected chi connectivity index (χ4v) is 2.11. The number of hydrogen-bond acceptors (Lipinski definition) is 3. The van der Waals surface area contributed by atoms with Crippen molar-refractivity contribution in [3.05, 3.63) is 57.6 Å². The molecule has 0 fully saturated rings. The summed E-state index contributed by atoms with van der Waals surface area (Å²) in [5.74, 6) is -0.200. The Kier molecular flexibility index (Phi) is 4.06. The zero-order chi connectivity index (χ0) is 14.7. The Hall–Kier alpha value is -2.32. The lowest BCUT2D eigenvalue weighted by atomic mass is 10.1. The molecule has 0 saturated carbocycles. The molecule has 0 amide bonds. The van der Waals surface area contributed by atoms with Crippen LogP contribution in [0.5, 0.6) is 11.5 Å². The largest absolute Gasteiger partial charge is 0.478 e. The van der Waals surface area contributed by atoms with Gasteiger partial charge in [-0.25, -0.2) is 4.79 Å². The Morgan fingerprint density at radius 2 is 2.05 bits per heavy atom. The number of carboxylic acids is 1. The van der Waals surface area contributed by atoms with Gasteiger partial charge in [0.1, 0.15) is 17.6 Å². The molecule has 0 atom stereocenters. The first-order chi connectivity index (χ1) is 9.52. The molecule has 2 rings (SSSR count). The van der Waals surface area contributed by atoms with E-state index in [4.69, 9.17) is 15.1 Å². The second-order valence-electron chi connectivity index (χ2n) is 4.09. The van der Waals surface area contributed by atoms with Crippen LogP contribution in [-0.4, -0.2) is 11.1 Å². The predicted molar refractivity (Wildman–Crippen MR) is 77.1 cm³/mol. The summed E-state index contributed by atoms with van der Waals surface area (Å²) in [6, 6.07) is 11.9. The molecule has 100 valence electrons. The van der Waals surface area contributed by atoms with E-state index in [1.54, 1.807) is 37.3 Å². The smallest absolute Gasteiger partial charge is 0.336 e. The van der Waals surface area contributed by atoms with Crippen molar-refractivity contribution >= 4 is 21.9 Å². The second-order valence-corrected chi connectivity index (χ2v) is 5.00. The first-order valence-electron chi connectivity index (χ1n) is 5.73. The molecule has 0 radical (unpaired) electrons. The Morgan fingerprint density at radius 3 is 2.70 bits per heavy atom. The fraction of sp³-hybridized carbons (Fsp3) is 0.0667. The van der Waals surface area contributed by atoms with Gasteiger partial charge >= 0.3 is 5.97 Å². The van der Waals surface area contributed by atoms with E-state index < -0.39 is 5.97 Å². The molecule has 0 aromatic heterocycles. The van der Waals surface area contributed by atoms with Gasteiger partial charge < -0.3 is 9.84 Å². The Bertz CT molecular complexity index is 720. The molecular weight excluding hydrogens is 322 g/mol. The number of carbonyl (C=O) groups is 1. The van der Waals surface area contributed by atoms with Gasteiger partial charge in [0.15, 0.2) is 0 Å². The number of halogens is 1. The molecule has 1 N–H and O–H groups in total. The van der Waals surface area contributed by atoms with Crippen molar-refractivity contribution in [3.8, 4) is 17.6 Å². The van der Waals surface area contributed by atoms with Gasteiger partial charge in [-0.3, -0.25) is 0 Å².